The molecule has 0 aliphatic rings. The van der Waals surface area contributed by atoms with Gasteiger partial charge in [-0.2, -0.15) is 43.9 Å². The van der Waals surface area contributed by atoms with Crippen molar-refractivity contribution in [3.8, 4) is 17.2 Å². The highest BCUT2D eigenvalue weighted by molar-refractivity contribution is 5.52. The molecule has 13 heteroatoms. The third-order valence-electron chi connectivity index (χ3n) is 5.52. The highest BCUT2D eigenvalue weighted by Gasteiger charge is 2.44. The molecule has 208 valence electrons. The Balaban J connectivity index is 2.05. The molecule has 0 aromatic heterocycles. The molecule has 0 spiro atoms. The van der Waals surface area contributed by atoms with Crippen LogP contribution in [0.4, 0.5) is 43.9 Å². The first-order valence-corrected chi connectivity index (χ1v) is 10.7. The summed E-state index contributed by atoms with van der Waals surface area (Å²) in [6.45, 7) is 1.62. The molecule has 0 atom stereocenters. The number of halogens is 10. The maximum absolute atomic E-state index is 13.3. The number of rotatable bonds is 10. The third kappa shape index (κ3) is 6.84. The van der Waals surface area contributed by atoms with Gasteiger partial charge in [-0.25, -0.2) is 0 Å². The average molecular weight is 566 g/mol. The van der Waals surface area contributed by atoms with Crippen molar-refractivity contribution in [3.63, 3.8) is 0 Å². The van der Waals surface area contributed by atoms with Gasteiger partial charge in [0, 0.05) is 5.41 Å². The zero-order valence-electron chi connectivity index (χ0n) is 19.5. The lowest BCUT2D eigenvalue weighted by Gasteiger charge is -2.32. The van der Waals surface area contributed by atoms with E-state index < -0.39 is 47.9 Å². The standard InChI is InChI=1S/C26H16F10O3/c1-25(14-2-8-17(9-3-14)37-22(31)20(27)28,15-4-10-18(11-5-15)38-23(32)21(29)30)16-6-12-19(13-7-16)39-26(35,36)24(33)34/h2-13,24H,1H3. The van der Waals surface area contributed by atoms with E-state index in [-0.39, 0.29) is 11.5 Å². The molecule has 0 fully saturated rings. The minimum absolute atomic E-state index is 0.288. The summed E-state index contributed by atoms with van der Waals surface area (Å²) in [4.78, 5) is 0. The number of ether oxygens (including phenoxy) is 3. The molecule has 3 aromatic rings. The van der Waals surface area contributed by atoms with Gasteiger partial charge in [-0.15, -0.1) is 0 Å². The van der Waals surface area contributed by atoms with Crippen molar-refractivity contribution >= 4 is 0 Å². The maximum atomic E-state index is 13.3. The summed E-state index contributed by atoms with van der Waals surface area (Å²) in [5, 5.41) is 0. The lowest BCUT2D eigenvalue weighted by Crippen LogP contribution is -2.33. The van der Waals surface area contributed by atoms with Crippen LogP contribution < -0.4 is 14.2 Å². The molecule has 0 N–H and O–H groups in total. The Morgan fingerprint density at radius 3 is 1.15 bits per heavy atom. The van der Waals surface area contributed by atoms with Crippen LogP contribution in [0.1, 0.15) is 23.6 Å². The SMILES string of the molecule is CC(c1ccc(OC(F)=C(F)F)cc1)(c1ccc(OC(F)=C(F)F)cc1)c1ccc(OC(F)(F)C(F)F)cc1. The molecule has 0 aliphatic carbocycles. The van der Waals surface area contributed by atoms with E-state index in [2.05, 4.69) is 14.2 Å². The summed E-state index contributed by atoms with van der Waals surface area (Å²) >= 11 is 0. The fourth-order valence-corrected chi connectivity index (χ4v) is 3.55. The Bertz CT molecular complexity index is 1260. The lowest BCUT2D eigenvalue weighted by molar-refractivity contribution is -0.253. The molecule has 0 aliphatic heterocycles. The van der Waals surface area contributed by atoms with Gasteiger partial charge in [-0.1, -0.05) is 36.4 Å². The van der Waals surface area contributed by atoms with E-state index >= 15 is 0 Å². The van der Waals surface area contributed by atoms with E-state index in [1.807, 2.05) is 0 Å². The molecule has 3 rings (SSSR count). The van der Waals surface area contributed by atoms with Crippen LogP contribution in [0.15, 0.2) is 97.0 Å². The quantitative estimate of drug-likeness (QED) is 0.139. The summed E-state index contributed by atoms with van der Waals surface area (Å²) in [6, 6.07) is 10.5. The molecule has 0 bridgehead atoms. The van der Waals surface area contributed by atoms with Crippen molar-refractivity contribution in [3.05, 3.63) is 114 Å². The Morgan fingerprint density at radius 1 is 0.564 bits per heavy atom. The second kappa shape index (κ2) is 11.7. The van der Waals surface area contributed by atoms with Gasteiger partial charge in [0.05, 0.1) is 0 Å². The van der Waals surface area contributed by atoms with Crippen LogP contribution in [0.5, 0.6) is 17.2 Å². The fourth-order valence-electron chi connectivity index (χ4n) is 3.55. The maximum Gasteiger partial charge on any atom is 0.461 e. The van der Waals surface area contributed by atoms with Gasteiger partial charge >= 0.3 is 36.7 Å². The van der Waals surface area contributed by atoms with E-state index in [1.54, 1.807) is 6.92 Å². The van der Waals surface area contributed by atoms with E-state index in [0.717, 1.165) is 12.1 Å². The molecule has 0 unspecified atom stereocenters. The van der Waals surface area contributed by atoms with Crippen LogP contribution in [0, 0.1) is 0 Å². The molecule has 3 nitrogen and oxygen atoms in total. The summed E-state index contributed by atoms with van der Waals surface area (Å²) in [7, 11) is 0. The van der Waals surface area contributed by atoms with Crippen molar-refractivity contribution in [1.29, 1.82) is 0 Å². The number of hydrogen-bond acceptors (Lipinski definition) is 3. The van der Waals surface area contributed by atoms with Crippen LogP contribution in [0.3, 0.4) is 0 Å². The predicted molar refractivity (Wildman–Crippen MR) is 118 cm³/mol. The van der Waals surface area contributed by atoms with Crippen LogP contribution in [0.2, 0.25) is 0 Å². The summed E-state index contributed by atoms with van der Waals surface area (Å²) in [6.07, 6.45) is -14.2. The van der Waals surface area contributed by atoms with E-state index in [9.17, 15) is 43.9 Å². The molecule has 0 saturated heterocycles. The minimum atomic E-state index is -4.75. The highest BCUT2D eigenvalue weighted by Crippen LogP contribution is 2.41. The fraction of sp³-hybridized carbons (Fsp3) is 0.154. The van der Waals surface area contributed by atoms with Crippen LogP contribution in [0.25, 0.3) is 0 Å². The normalized spacial score (nSPS) is 11.7. The smallest absolute Gasteiger partial charge is 0.428 e. The second-order valence-corrected chi connectivity index (χ2v) is 7.94. The molecule has 0 saturated carbocycles. The summed E-state index contributed by atoms with van der Waals surface area (Å²) in [5.41, 5.74) is -0.0539. The molecule has 0 radical (unpaired) electrons. The first-order chi connectivity index (χ1) is 18.2. The van der Waals surface area contributed by atoms with Crippen molar-refractivity contribution in [2.24, 2.45) is 0 Å². The van der Waals surface area contributed by atoms with Gasteiger partial charge in [0.2, 0.25) is 0 Å². The predicted octanol–water partition coefficient (Wildman–Crippen LogP) is 9.11. The second-order valence-electron chi connectivity index (χ2n) is 7.94. The van der Waals surface area contributed by atoms with E-state index in [4.69, 9.17) is 0 Å². The van der Waals surface area contributed by atoms with Crippen molar-refractivity contribution in [1.82, 2.24) is 0 Å². The average Bonchev–Trinajstić information content (AvgIpc) is 2.89. The minimum Gasteiger partial charge on any atom is -0.428 e. The largest absolute Gasteiger partial charge is 0.461 e. The number of alkyl halides is 4. The van der Waals surface area contributed by atoms with Gasteiger partial charge in [-0.05, 0) is 60.0 Å². The van der Waals surface area contributed by atoms with E-state index in [1.165, 1.54) is 60.7 Å². The van der Waals surface area contributed by atoms with Gasteiger partial charge in [0.15, 0.2) is 0 Å². The molecular weight excluding hydrogens is 550 g/mol. The van der Waals surface area contributed by atoms with Gasteiger partial charge in [0.1, 0.15) is 17.2 Å². The number of hydrogen-bond donors (Lipinski definition) is 0. The topological polar surface area (TPSA) is 27.7 Å². The Hall–Kier alpha value is -4.16. The summed E-state index contributed by atoms with van der Waals surface area (Å²) in [5.74, 6) is -1.16. The van der Waals surface area contributed by atoms with Gasteiger partial charge in [-0.3, -0.25) is 0 Å². The highest BCUT2D eigenvalue weighted by atomic mass is 19.3. The Kier molecular flexibility index (Phi) is 8.82. The first-order valence-electron chi connectivity index (χ1n) is 10.7. The zero-order valence-corrected chi connectivity index (χ0v) is 19.5. The molecule has 0 amide bonds. The van der Waals surface area contributed by atoms with Crippen LogP contribution >= 0.6 is 0 Å². The third-order valence-corrected chi connectivity index (χ3v) is 5.52. The van der Waals surface area contributed by atoms with Crippen molar-refractivity contribution in [2.45, 2.75) is 24.9 Å². The Labute approximate surface area is 214 Å². The van der Waals surface area contributed by atoms with Crippen LogP contribution in [-0.2, 0) is 5.41 Å². The zero-order chi connectivity index (χ0) is 29.0. The van der Waals surface area contributed by atoms with Gasteiger partial charge in [0.25, 0.3) is 0 Å². The van der Waals surface area contributed by atoms with Gasteiger partial charge < -0.3 is 14.2 Å². The summed E-state index contributed by atoms with van der Waals surface area (Å²) < 4.78 is 140. The first kappa shape index (κ1) is 29.4. The molecule has 0 heterocycles. The lowest BCUT2D eigenvalue weighted by atomic mass is 9.71. The van der Waals surface area contributed by atoms with Crippen LogP contribution in [-0.4, -0.2) is 12.5 Å². The van der Waals surface area contributed by atoms with Crippen molar-refractivity contribution < 1.29 is 58.1 Å². The molecule has 39 heavy (non-hydrogen) atoms. The molecule has 3 aromatic carbocycles. The molecular formula is C26H16F10O3. The Morgan fingerprint density at radius 2 is 0.872 bits per heavy atom. The monoisotopic (exact) mass is 566 g/mol. The van der Waals surface area contributed by atoms with Crippen molar-refractivity contribution in [2.75, 3.05) is 0 Å². The number of benzene rings is 3. The van der Waals surface area contributed by atoms with E-state index in [0.29, 0.717) is 16.7 Å².